The molecular weight excluding hydrogens is 192 g/mol. The summed E-state index contributed by atoms with van der Waals surface area (Å²) < 4.78 is 0. The molecule has 0 saturated heterocycles. The number of aliphatic carboxylic acids is 1. The van der Waals surface area contributed by atoms with E-state index in [0.29, 0.717) is 6.42 Å². The minimum Gasteiger partial charge on any atom is -0.481 e. The Morgan fingerprint density at radius 3 is 2.07 bits per heavy atom. The number of carbonyl (C=O) groups is 1. The van der Waals surface area contributed by atoms with Gasteiger partial charge in [-0.05, 0) is 25.0 Å². The molecule has 1 aromatic rings. The largest absolute Gasteiger partial charge is 0.481 e. The smallest absolute Gasteiger partial charge is 0.307 e. The predicted octanol–water partition coefficient (Wildman–Crippen LogP) is 1.63. The number of carboxylic acid groups (broad SMARTS) is 1. The quantitative estimate of drug-likeness (QED) is 0.790. The third-order valence-electron chi connectivity index (χ3n) is 2.02. The van der Waals surface area contributed by atoms with E-state index in [1.807, 2.05) is 12.1 Å². The molecule has 0 unspecified atom stereocenters. The van der Waals surface area contributed by atoms with E-state index in [2.05, 4.69) is 0 Å². The van der Waals surface area contributed by atoms with Crippen LogP contribution in [0, 0.1) is 0 Å². The second kappa shape index (κ2) is 4.45. The average molecular weight is 208 g/mol. The molecule has 0 aliphatic rings. The first kappa shape index (κ1) is 11.7. The third-order valence-corrected chi connectivity index (χ3v) is 2.02. The lowest BCUT2D eigenvalue weighted by molar-refractivity contribution is -0.136. The van der Waals surface area contributed by atoms with Gasteiger partial charge in [-0.2, -0.15) is 0 Å². The highest BCUT2D eigenvalue weighted by Crippen LogP contribution is 2.13. The summed E-state index contributed by atoms with van der Waals surface area (Å²) in [7, 11) is 0. The van der Waals surface area contributed by atoms with Gasteiger partial charge in [0.25, 0.3) is 0 Å². The Morgan fingerprint density at radius 1 is 1.20 bits per heavy atom. The van der Waals surface area contributed by atoms with E-state index in [-0.39, 0.29) is 6.42 Å². The number of hydrogen-bond donors (Lipinski definition) is 2. The molecule has 0 aromatic heterocycles. The molecule has 15 heavy (non-hydrogen) atoms. The van der Waals surface area contributed by atoms with Crippen LogP contribution in [0.25, 0.3) is 0 Å². The third kappa shape index (κ3) is 4.61. The maximum atomic E-state index is 10.4. The molecule has 2 N–H and O–H groups in total. The van der Waals surface area contributed by atoms with E-state index < -0.39 is 11.6 Å². The summed E-state index contributed by atoms with van der Waals surface area (Å²) in [4.78, 5) is 10.4. The van der Waals surface area contributed by atoms with E-state index in [4.69, 9.17) is 5.11 Å². The Labute approximate surface area is 89.4 Å². The monoisotopic (exact) mass is 208 g/mol. The highest BCUT2D eigenvalue weighted by molar-refractivity contribution is 5.70. The fraction of sp³-hybridized carbons (Fsp3) is 0.417. The summed E-state index contributed by atoms with van der Waals surface area (Å²) in [5, 5.41) is 18.2. The maximum Gasteiger partial charge on any atom is 0.307 e. The lowest BCUT2D eigenvalue weighted by Gasteiger charge is -2.16. The highest BCUT2D eigenvalue weighted by atomic mass is 16.4. The van der Waals surface area contributed by atoms with Crippen molar-refractivity contribution < 1.29 is 15.0 Å². The summed E-state index contributed by atoms with van der Waals surface area (Å²) >= 11 is 0. The van der Waals surface area contributed by atoms with Crippen LogP contribution in [0.4, 0.5) is 0 Å². The number of hydrogen-bond acceptors (Lipinski definition) is 2. The molecule has 1 rings (SSSR count). The Morgan fingerprint density at radius 2 is 1.67 bits per heavy atom. The molecule has 3 heteroatoms. The van der Waals surface area contributed by atoms with Crippen LogP contribution < -0.4 is 0 Å². The maximum absolute atomic E-state index is 10.4. The number of aliphatic hydroxyl groups is 1. The number of benzene rings is 1. The minimum absolute atomic E-state index is 0.0444. The van der Waals surface area contributed by atoms with Gasteiger partial charge in [-0.15, -0.1) is 0 Å². The summed E-state index contributed by atoms with van der Waals surface area (Å²) in [6.07, 6.45) is 0.614. The first-order chi connectivity index (χ1) is 6.87. The van der Waals surface area contributed by atoms with Crippen LogP contribution in [-0.2, 0) is 17.6 Å². The van der Waals surface area contributed by atoms with Gasteiger partial charge in [0.05, 0.1) is 12.0 Å². The molecule has 82 valence electrons. The Kier molecular flexibility index (Phi) is 3.48. The molecule has 0 aliphatic carbocycles. The Bertz CT molecular complexity index is 333. The Balaban J connectivity index is 2.68. The van der Waals surface area contributed by atoms with Crippen molar-refractivity contribution in [1.29, 1.82) is 0 Å². The van der Waals surface area contributed by atoms with Gasteiger partial charge in [0.15, 0.2) is 0 Å². The zero-order chi connectivity index (χ0) is 11.5. The summed E-state index contributed by atoms with van der Waals surface area (Å²) in [5.74, 6) is -0.828. The standard InChI is InChI=1S/C12H16O3/c1-12(2,15)8-10-5-3-9(4-6-10)7-11(13)14/h3-6,15H,7-8H2,1-2H3,(H,13,14). The molecule has 0 amide bonds. The van der Waals surface area contributed by atoms with E-state index in [0.717, 1.165) is 11.1 Å². The van der Waals surface area contributed by atoms with Crippen LogP contribution in [-0.4, -0.2) is 21.8 Å². The molecule has 0 spiro atoms. The van der Waals surface area contributed by atoms with Crippen LogP contribution in [0.5, 0.6) is 0 Å². The van der Waals surface area contributed by atoms with Gasteiger partial charge in [-0.25, -0.2) is 0 Å². The zero-order valence-corrected chi connectivity index (χ0v) is 9.03. The van der Waals surface area contributed by atoms with Crippen molar-refractivity contribution in [3.8, 4) is 0 Å². The fourth-order valence-electron chi connectivity index (χ4n) is 1.45. The van der Waals surface area contributed by atoms with Gasteiger partial charge < -0.3 is 10.2 Å². The SMILES string of the molecule is CC(C)(O)Cc1ccc(CC(=O)O)cc1. The van der Waals surface area contributed by atoms with Crippen molar-refractivity contribution in [3.63, 3.8) is 0 Å². The Hall–Kier alpha value is -1.35. The molecule has 0 saturated carbocycles. The summed E-state index contributed by atoms with van der Waals surface area (Å²) in [6, 6.07) is 7.29. The van der Waals surface area contributed by atoms with Crippen molar-refractivity contribution in [2.75, 3.05) is 0 Å². The predicted molar refractivity (Wildman–Crippen MR) is 57.8 cm³/mol. The van der Waals surface area contributed by atoms with E-state index in [9.17, 15) is 9.90 Å². The molecular formula is C12H16O3. The van der Waals surface area contributed by atoms with Gasteiger partial charge in [0, 0.05) is 6.42 Å². The second-order valence-corrected chi connectivity index (χ2v) is 4.38. The van der Waals surface area contributed by atoms with Crippen molar-refractivity contribution in [3.05, 3.63) is 35.4 Å². The van der Waals surface area contributed by atoms with E-state index >= 15 is 0 Å². The molecule has 0 aliphatic heterocycles. The van der Waals surface area contributed by atoms with E-state index in [1.54, 1.807) is 26.0 Å². The first-order valence-corrected chi connectivity index (χ1v) is 4.89. The summed E-state index contributed by atoms with van der Waals surface area (Å²) in [6.45, 7) is 3.50. The number of carboxylic acids is 1. The summed E-state index contributed by atoms with van der Waals surface area (Å²) in [5.41, 5.74) is 1.06. The van der Waals surface area contributed by atoms with Crippen molar-refractivity contribution in [2.45, 2.75) is 32.3 Å². The first-order valence-electron chi connectivity index (χ1n) is 4.89. The molecule has 3 nitrogen and oxygen atoms in total. The molecule has 0 radical (unpaired) electrons. The van der Waals surface area contributed by atoms with Crippen molar-refractivity contribution in [2.24, 2.45) is 0 Å². The topological polar surface area (TPSA) is 57.5 Å². The lowest BCUT2D eigenvalue weighted by atomic mass is 9.97. The average Bonchev–Trinajstić information content (AvgIpc) is 2.05. The van der Waals surface area contributed by atoms with Crippen molar-refractivity contribution in [1.82, 2.24) is 0 Å². The zero-order valence-electron chi connectivity index (χ0n) is 9.03. The molecule has 0 fully saturated rings. The molecule has 0 heterocycles. The van der Waals surface area contributed by atoms with Gasteiger partial charge in [-0.3, -0.25) is 4.79 Å². The molecule has 0 atom stereocenters. The highest BCUT2D eigenvalue weighted by Gasteiger charge is 2.13. The minimum atomic E-state index is -0.828. The second-order valence-electron chi connectivity index (χ2n) is 4.38. The van der Waals surface area contributed by atoms with Crippen LogP contribution in [0.1, 0.15) is 25.0 Å². The van der Waals surface area contributed by atoms with E-state index in [1.165, 1.54) is 0 Å². The van der Waals surface area contributed by atoms with Gasteiger partial charge in [0.2, 0.25) is 0 Å². The van der Waals surface area contributed by atoms with Gasteiger partial charge in [0.1, 0.15) is 0 Å². The lowest BCUT2D eigenvalue weighted by Crippen LogP contribution is -2.21. The normalized spacial score (nSPS) is 11.4. The fourth-order valence-corrected chi connectivity index (χ4v) is 1.45. The van der Waals surface area contributed by atoms with Crippen molar-refractivity contribution >= 4 is 5.97 Å². The van der Waals surface area contributed by atoms with Crippen LogP contribution in [0.15, 0.2) is 24.3 Å². The molecule has 0 bridgehead atoms. The van der Waals surface area contributed by atoms with Crippen LogP contribution in [0.3, 0.4) is 0 Å². The van der Waals surface area contributed by atoms with Crippen LogP contribution >= 0.6 is 0 Å². The number of rotatable bonds is 4. The van der Waals surface area contributed by atoms with Gasteiger partial charge >= 0.3 is 5.97 Å². The van der Waals surface area contributed by atoms with Gasteiger partial charge in [-0.1, -0.05) is 24.3 Å². The molecule has 1 aromatic carbocycles. The van der Waals surface area contributed by atoms with Crippen LogP contribution in [0.2, 0.25) is 0 Å².